The second kappa shape index (κ2) is 4.37. The number of nitrogens with two attached hydrogens (primary N) is 1. The van der Waals surface area contributed by atoms with Crippen molar-refractivity contribution in [2.75, 3.05) is 17.7 Å². The van der Waals surface area contributed by atoms with Crippen LogP contribution in [0.3, 0.4) is 0 Å². The number of nitrogens with zero attached hydrogens (tertiary/aromatic N) is 2. The van der Waals surface area contributed by atoms with E-state index in [1.165, 1.54) is 6.20 Å². The van der Waals surface area contributed by atoms with Crippen molar-refractivity contribution in [2.45, 2.75) is 25.5 Å². The predicted molar refractivity (Wildman–Crippen MR) is 60.8 cm³/mol. The Hall–Kier alpha value is -1.80. The third kappa shape index (κ3) is 2.07. The average molecular weight is 218 g/mol. The van der Waals surface area contributed by atoms with Gasteiger partial charge < -0.3 is 15.8 Å². The van der Waals surface area contributed by atoms with Crippen LogP contribution in [0, 0.1) is 11.3 Å². The van der Waals surface area contributed by atoms with E-state index >= 15 is 0 Å². The van der Waals surface area contributed by atoms with Gasteiger partial charge in [-0.1, -0.05) is 0 Å². The van der Waals surface area contributed by atoms with Gasteiger partial charge in [0.1, 0.15) is 11.9 Å². The van der Waals surface area contributed by atoms with Gasteiger partial charge in [-0.05, 0) is 19.4 Å². The third-order valence-corrected chi connectivity index (χ3v) is 2.74. The van der Waals surface area contributed by atoms with E-state index in [0.717, 1.165) is 13.0 Å². The first-order valence-corrected chi connectivity index (χ1v) is 5.24. The van der Waals surface area contributed by atoms with Crippen LogP contribution in [-0.4, -0.2) is 23.7 Å². The van der Waals surface area contributed by atoms with Crippen LogP contribution in [-0.2, 0) is 4.74 Å². The molecule has 0 radical (unpaired) electrons. The van der Waals surface area contributed by atoms with Crippen LogP contribution < -0.4 is 11.1 Å². The Kier molecular flexibility index (Phi) is 2.93. The normalized spacial score (nSPS) is 24.0. The molecule has 1 fully saturated rings. The monoisotopic (exact) mass is 218 g/mol. The van der Waals surface area contributed by atoms with Crippen LogP contribution in [0.1, 0.15) is 18.9 Å². The van der Waals surface area contributed by atoms with E-state index in [-0.39, 0.29) is 12.1 Å². The summed E-state index contributed by atoms with van der Waals surface area (Å²) in [5.41, 5.74) is 6.77. The fourth-order valence-corrected chi connectivity index (χ4v) is 1.76. The molecule has 0 aromatic carbocycles. The van der Waals surface area contributed by atoms with Gasteiger partial charge >= 0.3 is 0 Å². The molecule has 1 aromatic heterocycles. The Balaban J connectivity index is 2.13. The van der Waals surface area contributed by atoms with E-state index in [4.69, 9.17) is 15.7 Å². The van der Waals surface area contributed by atoms with Gasteiger partial charge in [0, 0.05) is 12.8 Å². The molecule has 0 saturated carbocycles. The van der Waals surface area contributed by atoms with Crippen molar-refractivity contribution in [1.29, 1.82) is 5.26 Å². The van der Waals surface area contributed by atoms with Crippen LogP contribution >= 0.6 is 0 Å². The van der Waals surface area contributed by atoms with Crippen molar-refractivity contribution < 1.29 is 4.74 Å². The van der Waals surface area contributed by atoms with Gasteiger partial charge in [0.15, 0.2) is 0 Å². The van der Waals surface area contributed by atoms with Crippen LogP contribution in [0.5, 0.6) is 0 Å². The maximum atomic E-state index is 8.69. The number of pyridine rings is 1. The predicted octanol–water partition coefficient (Wildman–Crippen LogP) is 1.12. The van der Waals surface area contributed by atoms with Gasteiger partial charge in [-0.25, -0.2) is 4.98 Å². The van der Waals surface area contributed by atoms with Gasteiger partial charge in [-0.15, -0.1) is 0 Å². The standard InChI is InChI=1S/C11H14N4O/c1-7-10(2-3-16-7)15-11-9(13)4-8(5-12)6-14-11/h4,6-7,10H,2-3,13H2,1H3,(H,14,15). The second-order valence-electron chi connectivity index (χ2n) is 3.89. The number of nitriles is 1. The Morgan fingerprint density at radius 2 is 2.50 bits per heavy atom. The molecule has 2 unspecified atom stereocenters. The second-order valence-corrected chi connectivity index (χ2v) is 3.89. The van der Waals surface area contributed by atoms with Gasteiger partial charge in [-0.3, -0.25) is 0 Å². The molecule has 0 amide bonds. The van der Waals surface area contributed by atoms with Crippen LogP contribution in [0.15, 0.2) is 12.3 Å². The Morgan fingerprint density at radius 3 is 3.06 bits per heavy atom. The summed E-state index contributed by atoms with van der Waals surface area (Å²) in [6, 6.07) is 3.86. The molecule has 2 atom stereocenters. The Morgan fingerprint density at radius 1 is 1.69 bits per heavy atom. The molecular formula is C11H14N4O. The summed E-state index contributed by atoms with van der Waals surface area (Å²) in [6.45, 7) is 2.78. The van der Waals surface area contributed by atoms with Gasteiger partial charge in [0.2, 0.25) is 0 Å². The average Bonchev–Trinajstić information content (AvgIpc) is 2.67. The molecule has 0 spiro atoms. The number of hydrogen-bond donors (Lipinski definition) is 2. The lowest BCUT2D eigenvalue weighted by atomic mass is 10.1. The molecule has 1 aliphatic rings. The molecule has 0 aliphatic carbocycles. The molecule has 16 heavy (non-hydrogen) atoms. The summed E-state index contributed by atoms with van der Waals surface area (Å²) in [7, 11) is 0. The molecule has 1 aliphatic heterocycles. The van der Waals surface area contributed by atoms with Crippen molar-refractivity contribution in [1.82, 2.24) is 4.98 Å². The van der Waals surface area contributed by atoms with E-state index < -0.39 is 0 Å². The minimum atomic E-state index is 0.164. The van der Waals surface area contributed by atoms with E-state index in [9.17, 15) is 0 Å². The van der Waals surface area contributed by atoms with Crippen molar-refractivity contribution in [3.63, 3.8) is 0 Å². The maximum Gasteiger partial charge on any atom is 0.149 e. The fourth-order valence-electron chi connectivity index (χ4n) is 1.76. The first-order chi connectivity index (χ1) is 7.70. The van der Waals surface area contributed by atoms with E-state index in [1.807, 2.05) is 13.0 Å². The first kappa shape index (κ1) is 10.7. The van der Waals surface area contributed by atoms with Crippen molar-refractivity contribution in [2.24, 2.45) is 0 Å². The minimum absolute atomic E-state index is 0.164. The number of ether oxygens (including phenoxy) is 1. The van der Waals surface area contributed by atoms with Gasteiger partial charge in [-0.2, -0.15) is 5.26 Å². The number of nitrogen functional groups attached to an aromatic ring is 1. The topological polar surface area (TPSA) is 84.0 Å². The number of nitrogens with one attached hydrogen (secondary N) is 1. The highest BCUT2D eigenvalue weighted by Crippen LogP contribution is 2.22. The summed E-state index contributed by atoms with van der Waals surface area (Å²) in [5.74, 6) is 0.626. The van der Waals surface area contributed by atoms with Gasteiger partial charge in [0.25, 0.3) is 0 Å². The fraction of sp³-hybridized carbons (Fsp3) is 0.455. The summed E-state index contributed by atoms with van der Waals surface area (Å²) in [4.78, 5) is 4.13. The molecule has 3 N–H and O–H groups in total. The van der Waals surface area contributed by atoms with Crippen LogP contribution in [0.25, 0.3) is 0 Å². The van der Waals surface area contributed by atoms with Gasteiger partial charge in [0.05, 0.1) is 23.4 Å². The molecule has 2 heterocycles. The summed E-state index contributed by atoms with van der Waals surface area (Å²) >= 11 is 0. The number of hydrogen-bond acceptors (Lipinski definition) is 5. The quantitative estimate of drug-likeness (QED) is 0.777. The third-order valence-electron chi connectivity index (χ3n) is 2.74. The number of anilines is 2. The highest BCUT2D eigenvalue weighted by Gasteiger charge is 2.24. The Labute approximate surface area is 94.2 Å². The van der Waals surface area contributed by atoms with Crippen LogP contribution in [0.2, 0.25) is 0 Å². The minimum Gasteiger partial charge on any atom is -0.396 e. The summed E-state index contributed by atoms with van der Waals surface area (Å²) in [6.07, 6.45) is 2.62. The Bertz CT molecular complexity index is 426. The lowest BCUT2D eigenvalue weighted by molar-refractivity contribution is 0.121. The first-order valence-electron chi connectivity index (χ1n) is 5.24. The largest absolute Gasteiger partial charge is 0.396 e. The summed E-state index contributed by atoms with van der Waals surface area (Å²) < 4.78 is 5.44. The molecule has 1 aromatic rings. The van der Waals surface area contributed by atoms with Crippen LogP contribution in [0.4, 0.5) is 11.5 Å². The number of rotatable bonds is 2. The molecular weight excluding hydrogens is 204 g/mol. The highest BCUT2D eigenvalue weighted by molar-refractivity contribution is 5.63. The lowest BCUT2D eigenvalue weighted by Gasteiger charge is -2.17. The molecule has 84 valence electrons. The molecule has 5 heteroatoms. The molecule has 2 rings (SSSR count). The smallest absolute Gasteiger partial charge is 0.149 e. The molecule has 0 bridgehead atoms. The zero-order valence-corrected chi connectivity index (χ0v) is 9.10. The van der Waals surface area contributed by atoms with E-state index in [0.29, 0.717) is 17.1 Å². The maximum absolute atomic E-state index is 8.69. The van der Waals surface area contributed by atoms with Crippen molar-refractivity contribution in [3.8, 4) is 6.07 Å². The lowest BCUT2D eigenvalue weighted by Crippen LogP contribution is -2.27. The SMILES string of the molecule is CC1OCCC1Nc1ncc(C#N)cc1N. The number of aromatic nitrogens is 1. The molecule has 5 nitrogen and oxygen atoms in total. The summed E-state index contributed by atoms with van der Waals surface area (Å²) in [5, 5.41) is 11.9. The van der Waals surface area contributed by atoms with Crippen molar-refractivity contribution in [3.05, 3.63) is 17.8 Å². The zero-order chi connectivity index (χ0) is 11.5. The zero-order valence-electron chi connectivity index (χ0n) is 9.10. The highest BCUT2D eigenvalue weighted by atomic mass is 16.5. The van der Waals surface area contributed by atoms with E-state index in [1.54, 1.807) is 6.07 Å². The van der Waals surface area contributed by atoms with Crippen molar-refractivity contribution >= 4 is 11.5 Å². The molecule has 1 saturated heterocycles. The van der Waals surface area contributed by atoms with E-state index in [2.05, 4.69) is 10.3 Å².